The van der Waals surface area contributed by atoms with Gasteiger partial charge in [0.15, 0.2) is 0 Å². The molecule has 0 radical (unpaired) electrons. The molecule has 2 heterocycles. The van der Waals surface area contributed by atoms with Crippen molar-refractivity contribution in [2.45, 2.75) is 25.3 Å². The van der Waals surface area contributed by atoms with E-state index in [4.69, 9.17) is 4.74 Å². The standard InChI is InChI=1S/C15H19N3OS/c1-2-16-13(11-6-4-3-5-7-11)15-18-17-14(20-15)12-8-9-19-10-12/h3-7,12-13,16H,2,8-10H2,1H3. The Morgan fingerprint density at radius 1 is 1.35 bits per heavy atom. The van der Waals surface area contributed by atoms with Crippen molar-refractivity contribution in [2.24, 2.45) is 0 Å². The van der Waals surface area contributed by atoms with Crippen LogP contribution >= 0.6 is 11.3 Å². The number of hydrogen-bond acceptors (Lipinski definition) is 5. The fourth-order valence-corrected chi connectivity index (χ4v) is 3.52. The molecule has 3 rings (SSSR count). The summed E-state index contributed by atoms with van der Waals surface area (Å²) in [7, 11) is 0. The van der Waals surface area contributed by atoms with Gasteiger partial charge in [-0.25, -0.2) is 0 Å². The summed E-state index contributed by atoms with van der Waals surface area (Å²) in [4.78, 5) is 0. The first kappa shape index (κ1) is 13.7. The molecule has 1 fully saturated rings. The molecule has 2 aromatic rings. The molecular weight excluding hydrogens is 270 g/mol. The normalized spacial score (nSPS) is 20.1. The summed E-state index contributed by atoms with van der Waals surface area (Å²) in [5.74, 6) is 0.430. The van der Waals surface area contributed by atoms with Crippen molar-refractivity contribution in [2.75, 3.05) is 19.8 Å². The van der Waals surface area contributed by atoms with Crippen molar-refractivity contribution in [1.29, 1.82) is 0 Å². The molecular formula is C15H19N3OS. The second-order valence-corrected chi connectivity index (χ2v) is 5.98. The number of aromatic nitrogens is 2. The lowest BCUT2D eigenvalue weighted by Crippen LogP contribution is -2.21. The maximum absolute atomic E-state index is 5.44. The number of hydrogen-bond donors (Lipinski definition) is 1. The molecule has 0 spiro atoms. The Labute approximate surface area is 123 Å². The minimum absolute atomic E-state index is 0.134. The van der Waals surface area contributed by atoms with Crippen LogP contribution in [0.25, 0.3) is 0 Å². The van der Waals surface area contributed by atoms with Crippen molar-refractivity contribution in [3.05, 3.63) is 45.9 Å². The minimum atomic E-state index is 0.134. The van der Waals surface area contributed by atoms with E-state index in [1.165, 1.54) is 5.56 Å². The maximum atomic E-state index is 5.44. The summed E-state index contributed by atoms with van der Waals surface area (Å²) in [6, 6.07) is 10.6. The molecule has 0 bridgehead atoms. The van der Waals surface area contributed by atoms with Crippen LogP contribution in [0.15, 0.2) is 30.3 Å². The molecule has 5 heteroatoms. The van der Waals surface area contributed by atoms with Gasteiger partial charge in [0.05, 0.1) is 12.6 Å². The van der Waals surface area contributed by atoms with Crippen LogP contribution in [0.1, 0.15) is 40.9 Å². The van der Waals surface area contributed by atoms with E-state index in [9.17, 15) is 0 Å². The van der Waals surface area contributed by atoms with Crippen LogP contribution in [0.3, 0.4) is 0 Å². The Morgan fingerprint density at radius 3 is 2.90 bits per heavy atom. The quantitative estimate of drug-likeness (QED) is 0.919. The SMILES string of the molecule is CCNC(c1ccccc1)c1nnc(C2CCOC2)s1. The molecule has 2 atom stereocenters. The predicted octanol–water partition coefficient (Wildman–Crippen LogP) is 2.74. The van der Waals surface area contributed by atoms with Gasteiger partial charge in [0, 0.05) is 12.5 Å². The fraction of sp³-hybridized carbons (Fsp3) is 0.467. The highest BCUT2D eigenvalue weighted by molar-refractivity contribution is 7.11. The number of ether oxygens (including phenoxy) is 1. The molecule has 20 heavy (non-hydrogen) atoms. The maximum Gasteiger partial charge on any atom is 0.139 e. The highest BCUT2D eigenvalue weighted by Gasteiger charge is 2.24. The third-order valence-electron chi connectivity index (χ3n) is 3.52. The minimum Gasteiger partial charge on any atom is -0.381 e. The van der Waals surface area contributed by atoms with Gasteiger partial charge in [-0.1, -0.05) is 48.6 Å². The Morgan fingerprint density at radius 2 is 2.20 bits per heavy atom. The zero-order chi connectivity index (χ0) is 13.8. The molecule has 4 nitrogen and oxygen atoms in total. The van der Waals surface area contributed by atoms with Crippen LogP contribution in [0.2, 0.25) is 0 Å². The molecule has 106 valence electrons. The van der Waals surface area contributed by atoms with E-state index in [1.807, 2.05) is 6.07 Å². The van der Waals surface area contributed by atoms with Crippen molar-refractivity contribution in [1.82, 2.24) is 15.5 Å². The van der Waals surface area contributed by atoms with Crippen LogP contribution in [0.5, 0.6) is 0 Å². The number of nitrogens with zero attached hydrogens (tertiary/aromatic N) is 2. The van der Waals surface area contributed by atoms with Crippen LogP contribution < -0.4 is 5.32 Å². The van der Waals surface area contributed by atoms with Gasteiger partial charge in [-0.15, -0.1) is 10.2 Å². The monoisotopic (exact) mass is 289 g/mol. The van der Waals surface area contributed by atoms with E-state index in [0.29, 0.717) is 5.92 Å². The highest BCUT2D eigenvalue weighted by Crippen LogP contribution is 2.31. The van der Waals surface area contributed by atoms with Gasteiger partial charge in [-0.2, -0.15) is 0 Å². The lowest BCUT2D eigenvalue weighted by atomic mass is 10.1. The van der Waals surface area contributed by atoms with Crippen molar-refractivity contribution >= 4 is 11.3 Å². The van der Waals surface area contributed by atoms with Crippen LogP contribution in [-0.4, -0.2) is 30.0 Å². The van der Waals surface area contributed by atoms with E-state index in [-0.39, 0.29) is 6.04 Å². The first-order chi connectivity index (χ1) is 9.88. The lowest BCUT2D eigenvalue weighted by molar-refractivity contribution is 0.194. The van der Waals surface area contributed by atoms with Crippen molar-refractivity contribution in [3.63, 3.8) is 0 Å². The summed E-state index contributed by atoms with van der Waals surface area (Å²) in [6.07, 6.45) is 1.06. The Bertz CT molecular complexity index is 537. The number of benzene rings is 1. The average molecular weight is 289 g/mol. The van der Waals surface area contributed by atoms with Gasteiger partial charge in [0.1, 0.15) is 10.0 Å². The molecule has 1 aromatic heterocycles. The van der Waals surface area contributed by atoms with Crippen LogP contribution in [0, 0.1) is 0 Å². The van der Waals surface area contributed by atoms with Gasteiger partial charge >= 0.3 is 0 Å². The summed E-state index contributed by atoms with van der Waals surface area (Å²) < 4.78 is 5.44. The second kappa shape index (κ2) is 6.43. The Hall–Kier alpha value is -1.30. The van der Waals surface area contributed by atoms with Gasteiger partial charge in [0.25, 0.3) is 0 Å². The molecule has 0 aliphatic carbocycles. The molecule has 0 amide bonds. The lowest BCUT2D eigenvalue weighted by Gasteiger charge is -2.14. The van der Waals surface area contributed by atoms with Gasteiger partial charge in [-0.3, -0.25) is 0 Å². The Balaban J connectivity index is 1.84. The van der Waals surface area contributed by atoms with Gasteiger partial charge in [0.2, 0.25) is 0 Å². The van der Waals surface area contributed by atoms with E-state index >= 15 is 0 Å². The van der Waals surface area contributed by atoms with E-state index in [0.717, 1.165) is 36.2 Å². The Kier molecular flexibility index (Phi) is 4.40. The van der Waals surface area contributed by atoms with E-state index < -0.39 is 0 Å². The summed E-state index contributed by atoms with van der Waals surface area (Å²) in [5.41, 5.74) is 1.24. The van der Waals surface area contributed by atoms with Gasteiger partial charge < -0.3 is 10.1 Å². The van der Waals surface area contributed by atoms with E-state index in [1.54, 1.807) is 11.3 Å². The average Bonchev–Trinajstić information content (AvgIpc) is 3.16. The molecule has 1 saturated heterocycles. The predicted molar refractivity (Wildman–Crippen MR) is 80.0 cm³/mol. The smallest absolute Gasteiger partial charge is 0.139 e. The van der Waals surface area contributed by atoms with E-state index in [2.05, 4.69) is 46.7 Å². The third-order valence-corrected chi connectivity index (χ3v) is 4.67. The second-order valence-electron chi connectivity index (χ2n) is 4.94. The summed E-state index contributed by atoms with van der Waals surface area (Å²) in [5, 5.41) is 14.4. The third kappa shape index (κ3) is 2.90. The largest absolute Gasteiger partial charge is 0.381 e. The zero-order valence-corrected chi connectivity index (χ0v) is 12.4. The zero-order valence-electron chi connectivity index (χ0n) is 11.6. The molecule has 0 saturated carbocycles. The number of rotatable bonds is 5. The molecule has 2 unspecified atom stereocenters. The highest BCUT2D eigenvalue weighted by atomic mass is 32.1. The van der Waals surface area contributed by atoms with Crippen molar-refractivity contribution in [3.8, 4) is 0 Å². The number of nitrogens with one attached hydrogen (secondary N) is 1. The summed E-state index contributed by atoms with van der Waals surface area (Å²) >= 11 is 1.71. The fourth-order valence-electron chi connectivity index (χ4n) is 2.45. The van der Waals surface area contributed by atoms with Crippen LogP contribution in [0.4, 0.5) is 0 Å². The molecule has 1 aromatic carbocycles. The molecule has 1 aliphatic rings. The van der Waals surface area contributed by atoms with Crippen LogP contribution in [-0.2, 0) is 4.74 Å². The first-order valence-electron chi connectivity index (χ1n) is 7.08. The topological polar surface area (TPSA) is 47.0 Å². The molecule has 1 aliphatic heterocycles. The van der Waals surface area contributed by atoms with Crippen molar-refractivity contribution < 1.29 is 4.74 Å². The summed E-state index contributed by atoms with van der Waals surface area (Å²) in [6.45, 7) is 4.64. The molecule has 1 N–H and O–H groups in total. The first-order valence-corrected chi connectivity index (χ1v) is 7.89. The van der Waals surface area contributed by atoms with Gasteiger partial charge in [-0.05, 0) is 18.5 Å².